The maximum absolute atomic E-state index is 12.2. The third kappa shape index (κ3) is 3.34. The van der Waals surface area contributed by atoms with E-state index in [1.165, 1.54) is 0 Å². The number of carbonyl (C=O) groups is 1. The van der Waals surface area contributed by atoms with E-state index >= 15 is 0 Å². The molecule has 0 aliphatic carbocycles. The molecule has 18 heavy (non-hydrogen) atoms. The van der Waals surface area contributed by atoms with Gasteiger partial charge in [-0.15, -0.1) is 12.4 Å². The molecule has 1 aromatic rings. The van der Waals surface area contributed by atoms with Crippen molar-refractivity contribution in [1.82, 2.24) is 15.2 Å². The van der Waals surface area contributed by atoms with E-state index in [1.807, 2.05) is 7.05 Å². The van der Waals surface area contributed by atoms with Crippen LogP contribution in [0.1, 0.15) is 23.2 Å². The number of amides is 1. The van der Waals surface area contributed by atoms with Crippen molar-refractivity contribution >= 4 is 29.9 Å². The number of halogens is 2. The van der Waals surface area contributed by atoms with Gasteiger partial charge in [0.15, 0.2) is 0 Å². The minimum atomic E-state index is -0.0585. The Morgan fingerprint density at radius 1 is 1.61 bits per heavy atom. The minimum absolute atomic E-state index is 0. The molecule has 2 rings (SSSR count). The van der Waals surface area contributed by atoms with E-state index in [0.29, 0.717) is 5.56 Å². The Hall–Kier alpha value is -0.840. The summed E-state index contributed by atoms with van der Waals surface area (Å²) in [5, 5.41) is 3.57. The second-order valence-corrected chi connectivity index (χ2v) is 4.62. The number of hydrogen-bond donors (Lipinski definition) is 1. The zero-order valence-electron chi connectivity index (χ0n) is 10.2. The smallest absolute Gasteiger partial charge is 0.257 e. The predicted octanol–water partition coefficient (Wildman–Crippen LogP) is 1.98. The first kappa shape index (κ1) is 15.2. The number of pyridine rings is 1. The number of carbonyl (C=O) groups excluding carboxylic acids is 1. The molecule has 1 amide bonds. The summed E-state index contributed by atoms with van der Waals surface area (Å²) in [6.07, 6.45) is 3.72. The molecule has 4 nitrogen and oxygen atoms in total. The molecule has 0 saturated carbocycles. The summed E-state index contributed by atoms with van der Waals surface area (Å²) < 4.78 is 0. The van der Waals surface area contributed by atoms with Crippen LogP contribution in [0.2, 0.25) is 5.15 Å². The van der Waals surface area contributed by atoms with Gasteiger partial charge in [0.25, 0.3) is 5.91 Å². The Labute approximate surface area is 118 Å². The van der Waals surface area contributed by atoms with Crippen molar-refractivity contribution in [2.75, 3.05) is 20.1 Å². The van der Waals surface area contributed by atoms with Crippen LogP contribution in [-0.4, -0.2) is 42.0 Å². The molecule has 0 unspecified atom stereocenters. The first-order valence-corrected chi connectivity index (χ1v) is 6.16. The van der Waals surface area contributed by atoms with Gasteiger partial charge in [-0.05, 0) is 31.5 Å². The average molecular weight is 290 g/mol. The molecule has 0 bridgehead atoms. The van der Waals surface area contributed by atoms with Gasteiger partial charge >= 0.3 is 0 Å². The molecule has 1 aliphatic heterocycles. The summed E-state index contributed by atoms with van der Waals surface area (Å²) in [6, 6.07) is 3.68. The van der Waals surface area contributed by atoms with Gasteiger partial charge in [0.2, 0.25) is 0 Å². The normalized spacial score (nSPS) is 18.9. The predicted molar refractivity (Wildman–Crippen MR) is 74.5 cm³/mol. The van der Waals surface area contributed by atoms with Crippen molar-refractivity contribution < 1.29 is 4.79 Å². The lowest BCUT2D eigenvalue weighted by molar-refractivity contribution is 0.0708. The number of piperidine rings is 1. The van der Waals surface area contributed by atoms with E-state index in [-0.39, 0.29) is 29.5 Å². The number of nitrogens with one attached hydrogen (secondary N) is 1. The lowest BCUT2D eigenvalue weighted by Crippen LogP contribution is -2.46. The number of rotatable bonds is 2. The molecule has 1 aliphatic rings. The fourth-order valence-corrected chi connectivity index (χ4v) is 2.27. The third-order valence-corrected chi connectivity index (χ3v) is 3.43. The Morgan fingerprint density at radius 3 is 3.00 bits per heavy atom. The highest BCUT2D eigenvalue weighted by atomic mass is 35.5. The maximum Gasteiger partial charge on any atom is 0.257 e. The van der Waals surface area contributed by atoms with Crippen LogP contribution >= 0.6 is 24.0 Å². The Balaban J connectivity index is 0.00000162. The van der Waals surface area contributed by atoms with Gasteiger partial charge < -0.3 is 10.2 Å². The van der Waals surface area contributed by atoms with Crippen LogP contribution in [0.25, 0.3) is 0 Å². The molecular formula is C12H17Cl2N3O. The van der Waals surface area contributed by atoms with Crippen LogP contribution in [-0.2, 0) is 0 Å². The summed E-state index contributed by atoms with van der Waals surface area (Å²) in [7, 11) is 1.82. The second kappa shape index (κ2) is 6.92. The van der Waals surface area contributed by atoms with Crippen LogP contribution in [0.15, 0.2) is 18.3 Å². The van der Waals surface area contributed by atoms with E-state index < -0.39 is 0 Å². The van der Waals surface area contributed by atoms with Crippen LogP contribution in [0.5, 0.6) is 0 Å². The fourth-order valence-electron chi connectivity index (χ4n) is 2.07. The lowest BCUT2D eigenvalue weighted by atomic mass is 10.1. The van der Waals surface area contributed by atoms with E-state index in [9.17, 15) is 4.79 Å². The molecule has 100 valence electrons. The monoisotopic (exact) mass is 289 g/mol. The first-order valence-electron chi connectivity index (χ1n) is 5.78. The highest BCUT2D eigenvalue weighted by molar-refractivity contribution is 6.32. The number of nitrogens with zero attached hydrogens (tertiary/aromatic N) is 2. The molecule has 1 aromatic heterocycles. The van der Waals surface area contributed by atoms with E-state index in [1.54, 1.807) is 23.2 Å². The second-order valence-electron chi connectivity index (χ2n) is 4.26. The lowest BCUT2D eigenvalue weighted by Gasteiger charge is -2.31. The molecule has 1 fully saturated rings. The van der Waals surface area contributed by atoms with Crippen LogP contribution in [0, 0.1) is 0 Å². The molecule has 0 aromatic carbocycles. The molecule has 1 saturated heterocycles. The van der Waals surface area contributed by atoms with E-state index in [4.69, 9.17) is 11.6 Å². The van der Waals surface area contributed by atoms with E-state index in [2.05, 4.69) is 10.3 Å². The summed E-state index contributed by atoms with van der Waals surface area (Å²) in [5.74, 6) is -0.0585. The van der Waals surface area contributed by atoms with Crippen molar-refractivity contribution in [1.29, 1.82) is 0 Å². The Bertz CT molecular complexity index is 408. The topological polar surface area (TPSA) is 45.2 Å². The van der Waals surface area contributed by atoms with Crippen LogP contribution in [0.4, 0.5) is 0 Å². The fraction of sp³-hybridized carbons (Fsp3) is 0.500. The number of aromatic nitrogens is 1. The highest BCUT2D eigenvalue weighted by Crippen LogP contribution is 2.17. The van der Waals surface area contributed by atoms with Gasteiger partial charge in [0, 0.05) is 25.8 Å². The largest absolute Gasteiger partial charge is 0.337 e. The standard InChI is InChI=1S/C12H16ClN3O.ClH/c1-16(9-4-2-6-14-8-9)12(17)10-5-3-7-15-11(10)13;/h3,5,7,9,14H,2,4,6,8H2,1H3;1H/t9-;/m0./s1. The van der Waals surface area contributed by atoms with Crippen molar-refractivity contribution in [3.63, 3.8) is 0 Å². The highest BCUT2D eigenvalue weighted by Gasteiger charge is 2.24. The van der Waals surface area contributed by atoms with Crippen molar-refractivity contribution in [3.8, 4) is 0 Å². The SMILES string of the molecule is CN(C(=O)c1cccnc1Cl)[C@H]1CCCNC1.Cl. The molecule has 1 atom stereocenters. The first-order chi connectivity index (χ1) is 8.20. The zero-order chi connectivity index (χ0) is 12.3. The minimum Gasteiger partial charge on any atom is -0.337 e. The van der Waals surface area contributed by atoms with Gasteiger partial charge in [0.05, 0.1) is 5.56 Å². The van der Waals surface area contributed by atoms with Crippen molar-refractivity contribution in [3.05, 3.63) is 29.0 Å². The molecule has 0 radical (unpaired) electrons. The average Bonchev–Trinajstić information content (AvgIpc) is 2.39. The Kier molecular flexibility index (Phi) is 5.85. The number of likely N-dealkylation sites (N-methyl/N-ethyl adjacent to an activating group) is 1. The van der Waals surface area contributed by atoms with Crippen LogP contribution in [0.3, 0.4) is 0 Å². The Morgan fingerprint density at radius 2 is 2.39 bits per heavy atom. The third-order valence-electron chi connectivity index (χ3n) is 3.13. The molecule has 0 spiro atoms. The quantitative estimate of drug-likeness (QED) is 0.847. The number of hydrogen-bond acceptors (Lipinski definition) is 3. The molecule has 1 N–H and O–H groups in total. The van der Waals surface area contributed by atoms with Gasteiger partial charge in [-0.1, -0.05) is 11.6 Å². The molecule has 6 heteroatoms. The van der Waals surface area contributed by atoms with Crippen LogP contribution < -0.4 is 5.32 Å². The van der Waals surface area contributed by atoms with Gasteiger partial charge in [0.1, 0.15) is 5.15 Å². The molecular weight excluding hydrogens is 273 g/mol. The summed E-state index contributed by atoms with van der Waals surface area (Å²) in [5.41, 5.74) is 0.474. The maximum atomic E-state index is 12.2. The zero-order valence-corrected chi connectivity index (χ0v) is 11.8. The van der Waals surface area contributed by atoms with Gasteiger partial charge in [-0.2, -0.15) is 0 Å². The summed E-state index contributed by atoms with van der Waals surface area (Å²) in [6.45, 7) is 1.88. The van der Waals surface area contributed by atoms with Gasteiger partial charge in [-0.25, -0.2) is 4.98 Å². The summed E-state index contributed by atoms with van der Waals surface area (Å²) >= 11 is 5.93. The van der Waals surface area contributed by atoms with Crippen molar-refractivity contribution in [2.24, 2.45) is 0 Å². The molecule has 2 heterocycles. The van der Waals surface area contributed by atoms with Gasteiger partial charge in [-0.3, -0.25) is 4.79 Å². The summed E-state index contributed by atoms with van der Waals surface area (Å²) in [4.78, 5) is 17.9. The van der Waals surface area contributed by atoms with E-state index in [0.717, 1.165) is 25.9 Å². The van der Waals surface area contributed by atoms with Crippen molar-refractivity contribution in [2.45, 2.75) is 18.9 Å².